The quantitative estimate of drug-likeness (QED) is 0.451. The number of nitrogens with zero attached hydrogens (tertiary/aromatic N) is 8. The maximum absolute atomic E-state index is 13.8. The number of amides is 2. The summed E-state index contributed by atoms with van der Waals surface area (Å²) < 4.78 is 48.4. The molecule has 1 aliphatic heterocycles. The molecule has 6 rings (SSSR count). The zero-order valence-electron chi connectivity index (χ0n) is 19.2. The van der Waals surface area contributed by atoms with Crippen molar-refractivity contribution in [3.8, 4) is 11.3 Å². The third-order valence-corrected chi connectivity index (χ3v) is 6.79. The molecule has 14 heteroatoms. The van der Waals surface area contributed by atoms with Crippen molar-refractivity contribution in [3.05, 3.63) is 48.3 Å². The molecule has 1 N–H and O–H groups in total. The summed E-state index contributed by atoms with van der Waals surface area (Å²) in [5.41, 5.74) is -1.59. The second kappa shape index (κ2) is 7.70. The molecule has 2 fully saturated rings. The number of nitrogens with one attached hydrogen (secondary N) is 1. The minimum atomic E-state index is -4.69. The van der Waals surface area contributed by atoms with Crippen molar-refractivity contribution in [2.24, 2.45) is 5.92 Å². The van der Waals surface area contributed by atoms with E-state index in [4.69, 9.17) is 4.42 Å². The molecular formula is C22H20F3N9O2. The molecule has 5 heterocycles. The van der Waals surface area contributed by atoms with E-state index in [-0.39, 0.29) is 23.1 Å². The molecule has 36 heavy (non-hydrogen) atoms. The van der Waals surface area contributed by atoms with E-state index in [0.29, 0.717) is 42.4 Å². The van der Waals surface area contributed by atoms with Gasteiger partial charge in [-0.25, -0.2) is 19.3 Å². The van der Waals surface area contributed by atoms with E-state index >= 15 is 0 Å². The summed E-state index contributed by atoms with van der Waals surface area (Å²) >= 11 is 0. The number of hydrogen-bond donors (Lipinski definition) is 1. The molecule has 2 amide bonds. The van der Waals surface area contributed by atoms with Crippen molar-refractivity contribution in [2.75, 3.05) is 5.32 Å². The second-order valence-electron chi connectivity index (χ2n) is 9.31. The number of hydrogen-bond acceptors (Lipinski definition) is 8. The van der Waals surface area contributed by atoms with E-state index in [1.807, 2.05) is 0 Å². The minimum absolute atomic E-state index is 0.00525. The highest BCUT2D eigenvalue weighted by Crippen LogP contribution is 2.55. The zero-order chi connectivity index (χ0) is 25.2. The molecule has 1 aliphatic carbocycles. The Morgan fingerprint density at radius 2 is 2.03 bits per heavy atom. The first-order valence-corrected chi connectivity index (χ1v) is 11.3. The normalized spacial score (nSPS) is 23.5. The Hall–Kier alpha value is -4.10. The van der Waals surface area contributed by atoms with Crippen molar-refractivity contribution >= 4 is 17.5 Å². The predicted octanol–water partition coefficient (Wildman–Crippen LogP) is 3.83. The molecule has 0 unspecified atom stereocenters. The van der Waals surface area contributed by atoms with Crippen molar-refractivity contribution in [2.45, 2.75) is 50.9 Å². The standard InChI is InChI=1S/C22H20F3N9O2/c1-11-3-13-6-21(5-11,19-32-31-12(2)36-19)34(13)20(35)30-17-4-14(15(7-27-17)22(23,24)25)16-9-33-18(8-26-16)28-10-29-33/h4,7-11,13H,3,5-6H2,1-2H3,(H,27,30,35)/t11-,13-,21+/m0/s1. The van der Waals surface area contributed by atoms with Gasteiger partial charge >= 0.3 is 12.2 Å². The Morgan fingerprint density at radius 1 is 1.19 bits per heavy atom. The van der Waals surface area contributed by atoms with Gasteiger partial charge in [0.05, 0.1) is 23.7 Å². The van der Waals surface area contributed by atoms with Crippen LogP contribution in [0.15, 0.2) is 35.4 Å². The number of fused-ring (bicyclic) bond motifs is 3. The third-order valence-electron chi connectivity index (χ3n) is 6.79. The fourth-order valence-electron chi connectivity index (χ4n) is 5.43. The van der Waals surface area contributed by atoms with Gasteiger partial charge in [0.2, 0.25) is 11.8 Å². The average Bonchev–Trinajstić information content (AvgIpc) is 3.46. The lowest BCUT2D eigenvalue weighted by atomic mass is 9.64. The van der Waals surface area contributed by atoms with Gasteiger partial charge in [-0.2, -0.15) is 18.3 Å². The van der Waals surface area contributed by atoms with Gasteiger partial charge in [-0.1, -0.05) is 6.92 Å². The summed E-state index contributed by atoms with van der Waals surface area (Å²) in [6, 6.07) is 0.617. The van der Waals surface area contributed by atoms with Gasteiger partial charge in [-0.15, -0.1) is 10.2 Å². The molecule has 2 aliphatic rings. The number of likely N-dealkylation sites (tertiary alicyclic amines) is 1. The van der Waals surface area contributed by atoms with Crippen LogP contribution < -0.4 is 5.32 Å². The number of rotatable bonds is 3. The molecule has 1 saturated heterocycles. The number of halogens is 3. The first kappa shape index (κ1) is 22.4. The fraction of sp³-hybridized carbons (Fsp3) is 0.409. The average molecular weight is 499 g/mol. The molecule has 0 spiro atoms. The van der Waals surface area contributed by atoms with E-state index in [0.717, 1.165) is 12.5 Å². The van der Waals surface area contributed by atoms with Crippen LogP contribution in [0, 0.1) is 12.8 Å². The number of piperidine rings is 1. The van der Waals surface area contributed by atoms with E-state index in [1.54, 1.807) is 11.8 Å². The van der Waals surface area contributed by atoms with Crippen LogP contribution >= 0.6 is 0 Å². The highest BCUT2D eigenvalue weighted by Gasteiger charge is 2.62. The largest absolute Gasteiger partial charge is 0.423 e. The second-order valence-corrected chi connectivity index (χ2v) is 9.31. The molecule has 3 atom stereocenters. The molecule has 4 aromatic rings. The smallest absolute Gasteiger partial charge is 0.418 e. The highest BCUT2D eigenvalue weighted by molar-refractivity contribution is 5.91. The number of aromatic nitrogens is 7. The topological polar surface area (TPSA) is 127 Å². The van der Waals surface area contributed by atoms with Crippen LogP contribution in [0.2, 0.25) is 0 Å². The molecule has 0 aromatic carbocycles. The Kier molecular flexibility index (Phi) is 4.78. The van der Waals surface area contributed by atoms with E-state index < -0.39 is 23.3 Å². The van der Waals surface area contributed by atoms with Gasteiger partial charge in [0.15, 0.2) is 5.65 Å². The van der Waals surface area contributed by atoms with Gasteiger partial charge in [0.1, 0.15) is 17.7 Å². The summed E-state index contributed by atoms with van der Waals surface area (Å²) in [6.07, 6.45) is 2.06. The van der Waals surface area contributed by atoms with Gasteiger partial charge in [0, 0.05) is 31.1 Å². The Bertz CT molecular complexity index is 1480. The van der Waals surface area contributed by atoms with Crippen LogP contribution in [0.1, 0.15) is 43.5 Å². The molecular weight excluding hydrogens is 479 g/mol. The highest BCUT2D eigenvalue weighted by atomic mass is 19.4. The van der Waals surface area contributed by atoms with Crippen LogP contribution in [0.25, 0.3) is 16.9 Å². The van der Waals surface area contributed by atoms with Crippen LogP contribution in [0.3, 0.4) is 0 Å². The first-order chi connectivity index (χ1) is 17.1. The third kappa shape index (κ3) is 3.46. The molecule has 2 bridgehead atoms. The van der Waals surface area contributed by atoms with Gasteiger partial charge < -0.3 is 9.32 Å². The lowest BCUT2D eigenvalue weighted by Crippen LogP contribution is -2.70. The molecule has 4 aromatic heterocycles. The Balaban J connectivity index is 1.34. The summed E-state index contributed by atoms with van der Waals surface area (Å²) in [4.78, 5) is 27.0. The van der Waals surface area contributed by atoms with Crippen LogP contribution in [0.4, 0.5) is 23.8 Å². The molecule has 11 nitrogen and oxygen atoms in total. The van der Waals surface area contributed by atoms with Crippen LogP contribution in [0.5, 0.6) is 0 Å². The maximum Gasteiger partial charge on any atom is 0.418 e. The van der Waals surface area contributed by atoms with E-state index in [2.05, 4.69) is 42.5 Å². The summed E-state index contributed by atoms with van der Waals surface area (Å²) in [6.45, 7) is 3.78. The van der Waals surface area contributed by atoms with Crippen LogP contribution in [-0.4, -0.2) is 51.7 Å². The van der Waals surface area contributed by atoms with E-state index in [1.165, 1.54) is 23.2 Å². The summed E-state index contributed by atoms with van der Waals surface area (Å²) in [7, 11) is 0. The number of carbonyl (C=O) groups excluding carboxylic acids is 1. The molecule has 0 radical (unpaired) electrons. The molecule has 1 saturated carbocycles. The zero-order valence-corrected chi connectivity index (χ0v) is 19.2. The van der Waals surface area contributed by atoms with Crippen molar-refractivity contribution in [1.29, 1.82) is 0 Å². The SMILES string of the molecule is Cc1nnc([C@@]23C[C@@H](C)C[C@@H](C2)N3C(=O)Nc2cc(-c3cn4ncnc4cn3)c(C(F)(F)F)cn2)o1. The number of alkyl halides is 3. The van der Waals surface area contributed by atoms with Crippen molar-refractivity contribution in [3.63, 3.8) is 0 Å². The monoisotopic (exact) mass is 499 g/mol. The number of anilines is 1. The fourth-order valence-corrected chi connectivity index (χ4v) is 5.43. The Labute approximate surface area is 201 Å². The lowest BCUT2D eigenvalue weighted by molar-refractivity contribution is -0.137. The Morgan fingerprint density at radius 3 is 2.78 bits per heavy atom. The predicted molar refractivity (Wildman–Crippen MR) is 117 cm³/mol. The number of aryl methyl sites for hydroxylation is 1. The van der Waals surface area contributed by atoms with Gasteiger partial charge in [-0.3, -0.25) is 10.3 Å². The minimum Gasteiger partial charge on any atom is -0.423 e. The number of urea groups is 1. The van der Waals surface area contributed by atoms with E-state index in [9.17, 15) is 18.0 Å². The summed E-state index contributed by atoms with van der Waals surface area (Å²) in [5, 5.41) is 14.7. The number of carbonyl (C=O) groups is 1. The van der Waals surface area contributed by atoms with Gasteiger partial charge in [-0.05, 0) is 24.8 Å². The summed E-state index contributed by atoms with van der Waals surface area (Å²) in [5.74, 6) is 1.06. The molecule has 186 valence electrons. The first-order valence-electron chi connectivity index (χ1n) is 11.3. The van der Waals surface area contributed by atoms with Gasteiger partial charge in [0.25, 0.3) is 0 Å². The lowest BCUT2D eigenvalue weighted by Gasteiger charge is -2.61. The van der Waals surface area contributed by atoms with Crippen molar-refractivity contribution in [1.82, 2.24) is 39.7 Å². The van der Waals surface area contributed by atoms with Crippen LogP contribution in [-0.2, 0) is 11.7 Å². The number of pyridine rings is 1. The van der Waals surface area contributed by atoms with Crippen molar-refractivity contribution < 1.29 is 22.4 Å². The maximum atomic E-state index is 13.8.